The van der Waals surface area contributed by atoms with Gasteiger partial charge in [0.05, 0.1) is 0 Å². The van der Waals surface area contributed by atoms with E-state index in [1.807, 2.05) is 12.1 Å². The smallest absolute Gasteiger partial charge is 0.0406 e. The molecule has 19 heavy (non-hydrogen) atoms. The number of halogens is 1. The highest BCUT2D eigenvalue weighted by atomic mass is 35.5. The lowest BCUT2D eigenvalue weighted by atomic mass is 9.57. The zero-order valence-corrected chi connectivity index (χ0v) is 12.5. The molecule has 3 rings (SSSR count). The van der Waals surface area contributed by atoms with Crippen LogP contribution in [-0.2, 0) is 5.41 Å². The molecule has 1 N–H and O–H groups in total. The molecule has 2 aliphatic rings. The van der Waals surface area contributed by atoms with Gasteiger partial charge >= 0.3 is 0 Å². The molecule has 0 bridgehead atoms. The summed E-state index contributed by atoms with van der Waals surface area (Å²) in [6.07, 6.45) is 8.14. The lowest BCUT2D eigenvalue weighted by Gasteiger charge is -2.49. The van der Waals surface area contributed by atoms with Crippen molar-refractivity contribution in [2.75, 3.05) is 6.54 Å². The quantitative estimate of drug-likeness (QED) is 0.805. The van der Waals surface area contributed by atoms with Crippen molar-refractivity contribution in [3.63, 3.8) is 0 Å². The van der Waals surface area contributed by atoms with Crippen molar-refractivity contribution in [1.29, 1.82) is 0 Å². The zero-order valence-electron chi connectivity index (χ0n) is 11.8. The Balaban J connectivity index is 1.70. The maximum absolute atomic E-state index is 6.02. The summed E-state index contributed by atoms with van der Waals surface area (Å²) in [5, 5.41) is 4.59. The fourth-order valence-corrected chi connectivity index (χ4v) is 3.70. The molecule has 1 nitrogen and oxygen atoms in total. The minimum atomic E-state index is 0.382. The number of benzene rings is 1. The summed E-state index contributed by atoms with van der Waals surface area (Å²) in [5.41, 5.74) is 1.87. The molecule has 0 aromatic heterocycles. The van der Waals surface area contributed by atoms with Gasteiger partial charge in [-0.25, -0.2) is 0 Å². The molecule has 1 aromatic carbocycles. The summed E-state index contributed by atoms with van der Waals surface area (Å²) >= 11 is 6.02. The molecule has 0 atom stereocenters. The predicted octanol–water partition coefficient (Wildman–Crippen LogP) is 4.54. The van der Waals surface area contributed by atoms with E-state index in [0.29, 0.717) is 5.41 Å². The first-order chi connectivity index (χ1) is 9.22. The lowest BCUT2D eigenvalue weighted by molar-refractivity contribution is 0.128. The van der Waals surface area contributed by atoms with E-state index in [9.17, 15) is 0 Å². The fourth-order valence-electron chi connectivity index (χ4n) is 3.57. The molecule has 0 aliphatic heterocycles. The van der Waals surface area contributed by atoms with Gasteiger partial charge in [0.15, 0.2) is 0 Å². The molecule has 1 aromatic rings. The van der Waals surface area contributed by atoms with Crippen molar-refractivity contribution in [3.05, 3.63) is 34.9 Å². The van der Waals surface area contributed by atoms with Gasteiger partial charge in [-0.3, -0.25) is 0 Å². The van der Waals surface area contributed by atoms with Crippen molar-refractivity contribution in [2.24, 2.45) is 5.92 Å². The second kappa shape index (κ2) is 5.46. The van der Waals surface area contributed by atoms with Crippen molar-refractivity contribution in [2.45, 2.75) is 56.9 Å². The molecule has 2 heteroatoms. The third-order valence-corrected chi connectivity index (χ3v) is 5.07. The summed E-state index contributed by atoms with van der Waals surface area (Å²) in [5.74, 6) is 0.932. The molecule has 0 amide bonds. The maximum atomic E-state index is 6.02. The Morgan fingerprint density at radius 1 is 1.21 bits per heavy atom. The van der Waals surface area contributed by atoms with Crippen LogP contribution in [0.1, 0.15) is 51.0 Å². The molecule has 0 unspecified atom stereocenters. The van der Waals surface area contributed by atoms with Gasteiger partial charge in [-0.15, -0.1) is 0 Å². The van der Waals surface area contributed by atoms with E-state index in [0.717, 1.165) is 23.5 Å². The maximum Gasteiger partial charge on any atom is 0.0406 e. The zero-order chi connectivity index (χ0) is 13.3. The SMILES string of the molecule is CCCC1CC(CNC2CC2)(c2ccc(Cl)cc2)C1. The van der Waals surface area contributed by atoms with E-state index >= 15 is 0 Å². The Hall–Kier alpha value is -0.530. The van der Waals surface area contributed by atoms with Crippen LogP contribution in [0, 0.1) is 5.92 Å². The van der Waals surface area contributed by atoms with E-state index in [1.165, 1.54) is 44.1 Å². The van der Waals surface area contributed by atoms with E-state index in [2.05, 4.69) is 24.4 Å². The van der Waals surface area contributed by atoms with Gasteiger partial charge in [0.2, 0.25) is 0 Å². The largest absolute Gasteiger partial charge is 0.313 e. The highest BCUT2D eigenvalue weighted by Gasteiger charge is 2.45. The number of nitrogens with one attached hydrogen (secondary N) is 1. The minimum Gasteiger partial charge on any atom is -0.313 e. The number of hydrogen-bond donors (Lipinski definition) is 1. The van der Waals surface area contributed by atoms with Crippen LogP contribution in [-0.4, -0.2) is 12.6 Å². The molecular formula is C17H24ClN. The van der Waals surface area contributed by atoms with Crippen LogP contribution in [0.25, 0.3) is 0 Å². The summed E-state index contributed by atoms with van der Waals surface area (Å²) < 4.78 is 0. The van der Waals surface area contributed by atoms with E-state index in [1.54, 1.807) is 0 Å². The van der Waals surface area contributed by atoms with Crippen LogP contribution in [0.4, 0.5) is 0 Å². The van der Waals surface area contributed by atoms with E-state index < -0.39 is 0 Å². The monoisotopic (exact) mass is 277 g/mol. The van der Waals surface area contributed by atoms with Crippen molar-refractivity contribution in [1.82, 2.24) is 5.32 Å². The van der Waals surface area contributed by atoms with Gasteiger partial charge in [0, 0.05) is 23.0 Å². The number of hydrogen-bond acceptors (Lipinski definition) is 1. The minimum absolute atomic E-state index is 0.382. The second-order valence-electron chi connectivity index (χ2n) is 6.51. The van der Waals surface area contributed by atoms with Gasteiger partial charge < -0.3 is 5.32 Å². The molecular weight excluding hydrogens is 254 g/mol. The second-order valence-corrected chi connectivity index (χ2v) is 6.94. The standard InChI is InChI=1S/C17H24ClN/c1-2-3-13-10-17(11-13,12-19-16-8-9-16)14-4-6-15(18)7-5-14/h4-7,13,16,19H,2-3,8-12H2,1H3. The Labute approximate surface area is 121 Å². The predicted molar refractivity (Wildman–Crippen MR) is 81.8 cm³/mol. The molecule has 2 aliphatic carbocycles. The normalized spacial score (nSPS) is 30.1. The Morgan fingerprint density at radius 2 is 1.89 bits per heavy atom. The van der Waals surface area contributed by atoms with Crippen LogP contribution < -0.4 is 5.32 Å². The Bertz CT molecular complexity index is 415. The Morgan fingerprint density at radius 3 is 2.47 bits per heavy atom. The third-order valence-electron chi connectivity index (χ3n) is 4.82. The van der Waals surface area contributed by atoms with Crippen LogP contribution >= 0.6 is 11.6 Å². The fraction of sp³-hybridized carbons (Fsp3) is 0.647. The van der Waals surface area contributed by atoms with Crippen molar-refractivity contribution < 1.29 is 0 Å². The lowest BCUT2D eigenvalue weighted by Crippen LogP contribution is -2.49. The topological polar surface area (TPSA) is 12.0 Å². The molecule has 0 heterocycles. The van der Waals surface area contributed by atoms with Crippen LogP contribution in [0.5, 0.6) is 0 Å². The first kappa shape index (κ1) is 13.5. The van der Waals surface area contributed by atoms with Gasteiger partial charge in [0.1, 0.15) is 0 Å². The average Bonchev–Trinajstić information content (AvgIpc) is 3.17. The average molecular weight is 278 g/mol. The van der Waals surface area contributed by atoms with Crippen LogP contribution in [0.2, 0.25) is 5.02 Å². The van der Waals surface area contributed by atoms with Gasteiger partial charge in [-0.05, 0) is 49.3 Å². The molecule has 0 saturated heterocycles. The molecule has 0 radical (unpaired) electrons. The molecule has 0 spiro atoms. The van der Waals surface area contributed by atoms with Crippen LogP contribution in [0.3, 0.4) is 0 Å². The first-order valence-corrected chi connectivity index (χ1v) is 8.09. The first-order valence-electron chi connectivity index (χ1n) is 7.71. The van der Waals surface area contributed by atoms with E-state index in [-0.39, 0.29) is 0 Å². The van der Waals surface area contributed by atoms with Gasteiger partial charge in [-0.1, -0.05) is 43.5 Å². The summed E-state index contributed by atoms with van der Waals surface area (Å²) in [6, 6.07) is 9.36. The number of rotatable bonds is 6. The summed E-state index contributed by atoms with van der Waals surface area (Å²) in [7, 11) is 0. The highest BCUT2D eigenvalue weighted by molar-refractivity contribution is 6.30. The van der Waals surface area contributed by atoms with Gasteiger partial charge in [0.25, 0.3) is 0 Å². The van der Waals surface area contributed by atoms with Gasteiger partial charge in [-0.2, -0.15) is 0 Å². The summed E-state index contributed by atoms with van der Waals surface area (Å²) in [4.78, 5) is 0. The highest BCUT2D eigenvalue weighted by Crippen LogP contribution is 2.49. The third kappa shape index (κ3) is 2.98. The van der Waals surface area contributed by atoms with E-state index in [4.69, 9.17) is 11.6 Å². The Kier molecular flexibility index (Phi) is 3.86. The van der Waals surface area contributed by atoms with Crippen LogP contribution in [0.15, 0.2) is 24.3 Å². The van der Waals surface area contributed by atoms with Crippen molar-refractivity contribution in [3.8, 4) is 0 Å². The molecule has 2 fully saturated rings. The summed E-state index contributed by atoms with van der Waals surface area (Å²) in [6.45, 7) is 3.45. The molecule has 2 saturated carbocycles. The van der Waals surface area contributed by atoms with Crippen molar-refractivity contribution >= 4 is 11.6 Å². The molecule has 104 valence electrons.